The lowest BCUT2D eigenvalue weighted by Gasteiger charge is -2.05. The van der Waals surface area contributed by atoms with Gasteiger partial charge in [-0.1, -0.05) is 47.8 Å². The third kappa shape index (κ3) is 4.23. The van der Waals surface area contributed by atoms with E-state index in [1.807, 2.05) is 47.5 Å². The van der Waals surface area contributed by atoms with E-state index in [1.54, 1.807) is 36.1 Å². The van der Waals surface area contributed by atoms with Crippen LogP contribution in [0.25, 0.3) is 23.2 Å². The zero-order chi connectivity index (χ0) is 21.9. The van der Waals surface area contributed by atoms with Crippen molar-refractivity contribution in [3.8, 4) is 23.2 Å². The van der Waals surface area contributed by atoms with Gasteiger partial charge in [0.15, 0.2) is 33.5 Å². The topological polar surface area (TPSA) is 87.7 Å². The molecule has 0 N–H and O–H groups in total. The maximum absolute atomic E-state index is 5.42. The van der Waals surface area contributed by atoms with Crippen LogP contribution in [0, 0.1) is 0 Å². The van der Waals surface area contributed by atoms with Crippen LogP contribution < -0.4 is 0 Å². The van der Waals surface area contributed by atoms with E-state index in [9.17, 15) is 0 Å². The van der Waals surface area contributed by atoms with Crippen LogP contribution in [-0.4, -0.2) is 29.5 Å². The summed E-state index contributed by atoms with van der Waals surface area (Å²) in [6.45, 7) is 0. The molecule has 0 fully saturated rings. The molecule has 0 atom stereocenters. The molecule has 0 aliphatic carbocycles. The molecule has 0 radical (unpaired) electrons. The van der Waals surface area contributed by atoms with Crippen LogP contribution in [0.3, 0.4) is 0 Å². The molecule has 0 unspecified atom stereocenters. The van der Waals surface area contributed by atoms with Crippen molar-refractivity contribution >= 4 is 23.5 Å². The van der Waals surface area contributed by atoms with Crippen LogP contribution in [0.2, 0.25) is 0 Å². The molecule has 0 aliphatic heterocycles. The SMILES string of the molecule is Cn1c(SCc2ccc(CSc3nnc(-c4ccco4)n3C)cc2)nnc1-c1ccco1. The summed E-state index contributed by atoms with van der Waals surface area (Å²) in [6.07, 6.45) is 3.28. The number of nitrogens with zero attached hydrogens (tertiary/aromatic N) is 6. The average Bonchev–Trinajstić information content (AvgIpc) is 3.60. The van der Waals surface area contributed by atoms with Crippen molar-refractivity contribution in [2.45, 2.75) is 21.8 Å². The van der Waals surface area contributed by atoms with Crippen LogP contribution in [0.1, 0.15) is 11.1 Å². The second kappa shape index (κ2) is 9.09. The Hall–Kier alpha value is -3.24. The van der Waals surface area contributed by atoms with Gasteiger partial charge < -0.3 is 18.0 Å². The number of aromatic nitrogens is 6. The van der Waals surface area contributed by atoms with Gasteiger partial charge in [0, 0.05) is 25.6 Å². The highest BCUT2D eigenvalue weighted by atomic mass is 32.2. The Morgan fingerprint density at radius 2 is 1.09 bits per heavy atom. The van der Waals surface area contributed by atoms with Crippen LogP contribution in [0.15, 0.2) is 80.2 Å². The van der Waals surface area contributed by atoms with Crippen LogP contribution in [-0.2, 0) is 25.6 Å². The lowest BCUT2D eigenvalue weighted by molar-refractivity contribution is 0.572. The van der Waals surface area contributed by atoms with E-state index in [2.05, 4.69) is 44.7 Å². The zero-order valence-electron chi connectivity index (χ0n) is 17.5. The number of furan rings is 2. The number of benzene rings is 1. The van der Waals surface area contributed by atoms with Gasteiger partial charge in [0.2, 0.25) is 0 Å². The maximum Gasteiger partial charge on any atom is 0.200 e. The lowest BCUT2D eigenvalue weighted by atomic mass is 10.2. The highest BCUT2D eigenvalue weighted by molar-refractivity contribution is 7.98. The van der Waals surface area contributed by atoms with Crippen LogP contribution >= 0.6 is 23.5 Å². The van der Waals surface area contributed by atoms with Crippen molar-refractivity contribution in [1.82, 2.24) is 29.5 Å². The Balaban J connectivity index is 1.18. The first kappa shape index (κ1) is 20.7. The first-order valence-electron chi connectivity index (χ1n) is 9.89. The fourth-order valence-corrected chi connectivity index (χ4v) is 4.88. The van der Waals surface area contributed by atoms with Crippen molar-refractivity contribution in [2.24, 2.45) is 14.1 Å². The van der Waals surface area contributed by atoms with E-state index < -0.39 is 0 Å². The van der Waals surface area contributed by atoms with Gasteiger partial charge >= 0.3 is 0 Å². The summed E-state index contributed by atoms with van der Waals surface area (Å²) in [6, 6.07) is 16.1. The van der Waals surface area contributed by atoms with Crippen LogP contribution in [0.4, 0.5) is 0 Å². The number of rotatable bonds is 8. The summed E-state index contributed by atoms with van der Waals surface area (Å²) in [5, 5.41) is 18.8. The normalized spacial score (nSPS) is 11.3. The highest BCUT2D eigenvalue weighted by Crippen LogP contribution is 2.27. The minimum Gasteiger partial charge on any atom is -0.461 e. The van der Waals surface area contributed by atoms with Crippen molar-refractivity contribution in [2.75, 3.05) is 0 Å². The van der Waals surface area contributed by atoms with E-state index in [0.717, 1.165) is 33.5 Å². The molecule has 5 aromatic rings. The average molecular weight is 465 g/mol. The summed E-state index contributed by atoms with van der Waals surface area (Å²) in [5.41, 5.74) is 2.45. The Morgan fingerprint density at radius 3 is 1.47 bits per heavy atom. The molecule has 32 heavy (non-hydrogen) atoms. The molecular formula is C22H20N6O2S2. The van der Waals surface area contributed by atoms with E-state index in [-0.39, 0.29) is 0 Å². The molecule has 4 heterocycles. The molecule has 0 saturated carbocycles. The second-order valence-electron chi connectivity index (χ2n) is 7.08. The van der Waals surface area contributed by atoms with Gasteiger partial charge in [-0.25, -0.2) is 0 Å². The summed E-state index contributed by atoms with van der Waals surface area (Å²) in [5.74, 6) is 4.51. The van der Waals surface area contributed by atoms with Gasteiger partial charge in [-0.3, -0.25) is 0 Å². The molecule has 5 rings (SSSR count). The van der Waals surface area contributed by atoms with Gasteiger partial charge in [0.05, 0.1) is 12.5 Å². The quantitative estimate of drug-likeness (QED) is 0.295. The third-order valence-corrected chi connectivity index (χ3v) is 7.09. The number of hydrogen-bond acceptors (Lipinski definition) is 8. The molecule has 0 amide bonds. The minimum absolute atomic E-state index is 0.716. The van der Waals surface area contributed by atoms with Crippen molar-refractivity contribution < 1.29 is 8.83 Å². The molecule has 0 aliphatic rings. The highest BCUT2D eigenvalue weighted by Gasteiger charge is 2.14. The first-order valence-corrected chi connectivity index (χ1v) is 11.9. The number of hydrogen-bond donors (Lipinski definition) is 0. The molecule has 4 aromatic heterocycles. The maximum atomic E-state index is 5.42. The summed E-state index contributed by atoms with van der Waals surface area (Å²) >= 11 is 3.30. The van der Waals surface area contributed by atoms with Crippen molar-refractivity contribution in [3.63, 3.8) is 0 Å². The molecule has 0 saturated heterocycles. The van der Waals surface area contributed by atoms with Crippen molar-refractivity contribution in [3.05, 3.63) is 72.2 Å². The minimum atomic E-state index is 0.716. The van der Waals surface area contributed by atoms with E-state index in [0.29, 0.717) is 11.5 Å². The van der Waals surface area contributed by atoms with Crippen LogP contribution in [0.5, 0.6) is 0 Å². The summed E-state index contributed by atoms with van der Waals surface area (Å²) in [7, 11) is 3.90. The monoisotopic (exact) mass is 464 g/mol. The van der Waals surface area contributed by atoms with E-state index in [1.165, 1.54) is 11.1 Å². The predicted octanol–water partition coefficient (Wildman–Crippen LogP) is 5.05. The van der Waals surface area contributed by atoms with Gasteiger partial charge in [-0.05, 0) is 35.4 Å². The Morgan fingerprint density at radius 1 is 0.656 bits per heavy atom. The van der Waals surface area contributed by atoms with Gasteiger partial charge in [0.1, 0.15) is 0 Å². The molecular weight excluding hydrogens is 444 g/mol. The van der Waals surface area contributed by atoms with E-state index in [4.69, 9.17) is 8.83 Å². The smallest absolute Gasteiger partial charge is 0.200 e. The summed E-state index contributed by atoms with van der Waals surface area (Å²) < 4.78 is 14.7. The molecule has 1 aromatic carbocycles. The number of thioether (sulfide) groups is 2. The predicted molar refractivity (Wildman–Crippen MR) is 123 cm³/mol. The zero-order valence-corrected chi connectivity index (χ0v) is 19.1. The largest absolute Gasteiger partial charge is 0.461 e. The van der Waals surface area contributed by atoms with E-state index >= 15 is 0 Å². The molecule has 0 spiro atoms. The van der Waals surface area contributed by atoms with Gasteiger partial charge in [-0.2, -0.15) is 0 Å². The Bertz CT molecular complexity index is 1190. The fourth-order valence-electron chi connectivity index (χ4n) is 3.15. The fraction of sp³-hybridized carbons (Fsp3) is 0.182. The Labute approximate surface area is 193 Å². The molecule has 10 heteroatoms. The standard InChI is InChI=1S/C22H20N6O2S2/c1-27-19(17-5-3-11-29-17)23-25-21(27)31-13-15-7-9-16(10-8-15)14-32-22-26-24-20(28(22)2)18-6-4-12-30-18/h3-12H,13-14H2,1-2H3. The van der Waals surface area contributed by atoms with Crippen molar-refractivity contribution in [1.29, 1.82) is 0 Å². The first-order chi connectivity index (χ1) is 15.7. The molecule has 0 bridgehead atoms. The lowest BCUT2D eigenvalue weighted by Crippen LogP contribution is -1.95. The van der Waals surface area contributed by atoms with Gasteiger partial charge in [-0.15, -0.1) is 20.4 Å². The van der Waals surface area contributed by atoms with Gasteiger partial charge in [0.25, 0.3) is 0 Å². The molecule has 8 nitrogen and oxygen atoms in total. The Kier molecular flexibility index (Phi) is 5.87. The third-order valence-electron chi connectivity index (χ3n) is 4.91. The summed E-state index contributed by atoms with van der Waals surface area (Å²) in [4.78, 5) is 0. The molecule has 162 valence electrons. The second-order valence-corrected chi connectivity index (χ2v) is 8.96.